The Morgan fingerprint density at radius 3 is 1.30 bits per heavy atom. The van der Waals surface area contributed by atoms with E-state index >= 15 is 0 Å². The van der Waals surface area contributed by atoms with E-state index in [1.165, 1.54) is 30.4 Å². The number of hydrogen-bond donors (Lipinski definition) is 8. The lowest BCUT2D eigenvalue weighted by Gasteiger charge is -1.96. The summed E-state index contributed by atoms with van der Waals surface area (Å²) in [5.74, 6) is 0.118. The molecule has 11 nitrogen and oxygen atoms in total. The summed E-state index contributed by atoms with van der Waals surface area (Å²) >= 11 is 8.73. The second kappa shape index (κ2) is 27.7. The quantitative estimate of drug-likeness (QED) is 0.0767. The number of carbonyl (C=O) groups is 2. The molecule has 8 N–H and O–H groups in total. The van der Waals surface area contributed by atoms with E-state index in [0.717, 1.165) is 27.9 Å². The highest BCUT2D eigenvalue weighted by molar-refractivity contribution is 9.10. The van der Waals surface area contributed by atoms with Crippen LogP contribution < -0.4 is 4.74 Å². The Kier molecular flexibility index (Phi) is 23.3. The van der Waals surface area contributed by atoms with E-state index in [9.17, 15) is 14.7 Å². The van der Waals surface area contributed by atoms with Gasteiger partial charge >= 0.3 is 11.9 Å². The first kappa shape index (κ1) is 47.1. The van der Waals surface area contributed by atoms with Gasteiger partial charge in [0.15, 0.2) is 0 Å². The van der Waals surface area contributed by atoms with E-state index in [1.807, 2.05) is 6.07 Å². The topological polar surface area (TPSA) is 205 Å². The van der Waals surface area contributed by atoms with E-state index in [-0.39, 0.29) is 23.0 Å². The van der Waals surface area contributed by atoms with Gasteiger partial charge in [-0.25, -0.2) is 9.59 Å². The molecular weight excluding hydrogens is 808 g/mol. The van der Waals surface area contributed by atoms with Crippen LogP contribution in [0, 0.1) is 0 Å². The average molecular weight is 848 g/mol. The number of ether oxygens (including phenoxy) is 1. The van der Waals surface area contributed by atoms with Crippen LogP contribution in [0.15, 0.2) is 168 Å². The number of halogens is 2. The summed E-state index contributed by atoms with van der Waals surface area (Å²) in [7, 11) is 1.59. The zero-order valence-corrected chi connectivity index (χ0v) is 32.1. The van der Waals surface area contributed by atoms with Gasteiger partial charge in [0.05, 0.1) is 7.11 Å². The summed E-state index contributed by atoms with van der Waals surface area (Å²) in [4.78, 5) is 20.2. The highest BCUT2D eigenvalue weighted by Gasteiger charge is 1.95. The fourth-order valence-electron chi connectivity index (χ4n) is 3.43. The molecule has 0 spiro atoms. The van der Waals surface area contributed by atoms with Crippen LogP contribution in [0.3, 0.4) is 0 Å². The van der Waals surface area contributed by atoms with Gasteiger partial charge in [-0.3, -0.25) is 0 Å². The molecule has 0 radical (unpaired) electrons. The highest BCUT2D eigenvalue weighted by Crippen LogP contribution is 2.17. The number of para-hydroxylation sites is 2. The molecule has 0 aromatic heterocycles. The lowest BCUT2D eigenvalue weighted by molar-refractivity contribution is -0.132. The molecular formula is C43H40BrClO11. The number of carboxylic acid groups (broad SMARTS) is 2. The van der Waals surface area contributed by atoms with Crippen molar-refractivity contribution < 1.29 is 55.2 Å². The van der Waals surface area contributed by atoms with Gasteiger partial charge in [0, 0.05) is 27.2 Å². The van der Waals surface area contributed by atoms with Crippen molar-refractivity contribution in [1.82, 2.24) is 0 Å². The molecule has 6 aromatic carbocycles. The Morgan fingerprint density at radius 1 is 0.518 bits per heavy atom. The van der Waals surface area contributed by atoms with Gasteiger partial charge in [-0.15, -0.1) is 0 Å². The largest absolute Gasteiger partial charge is 0.508 e. The third-order valence-corrected chi connectivity index (χ3v) is 6.92. The maximum Gasteiger partial charge on any atom is 0.328 e. The van der Waals surface area contributed by atoms with Gasteiger partial charge in [0.25, 0.3) is 0 Å². The fraction of sp³-hybridized carbons (Fsp3) is 0.0233. The van der Waals surface area contributed by atoms with Crippen LogP contribution in [0.25, 0.3) is 12.2 Å². The predicted molar refractivity (Wildman–Crippen MR) is 221 cm³/mol. The van der Waals surface area contributed by atoms with Crippen LogP contribution in [0.2, 0.25) is 5.02 Å². The normalized spacial score (nSPS) is 9.55. The molecule has 0 unspecified atom stereocenters. The smallest absolute Gasteiger partial charge is 0.328 e. The van der Waals surface area contributed by atoms with Gasteiger partial charge in [-0.05, 0) is 121 Å². The third-order valence-electron chi connectivity index (χ3n) is 6.14. The fourth-order valence-corrected chi connectivity index (χ4v) is 3.83. The number of carboxylic acids is 2. The maximum atomic E-state index is 10.1. The molecule has 13 heteroatoms. The molecule has 0 atom stereocenters. The van der Waals surface area contributed by atoms with E-state index in [0.29, 0.717) is 22.1 Å². The van der Waals surface area contributed by atoms with Crippen LogP contribution >= 0.6 is 27.5 Å². The molecule has 0 aliphatic rings. The van der Waals surface area contributed by atoms with Crippen molar-refractivity contribution in [2.75, 3.05) is 7.11 Å². The molecule has 292 valence electrons. The first-order valence-corrected chi connectivity index (χ1v) is 17.2. The monoisotopic (exact) mass is 846 g/mol. The molecule has 0 heterocycles. The number of phenols is 6. The zero-order chi connectivity index (χ0) is 41.7. The first-order valence-electron chi connectivity index (χ1n) is 16.0. The lowest BCUT2D eigenvalue weighted by atomic mass is 10.2. The Morgan fingerprint density at radius 2 is 0.911 bits per heavy atom. The van der Waals surface area contributed by atoms with Crippen LogP contribution in [0.1, 0.15) is 11.1 Å². The van der Waals surface area contributed by atoms with E-state index in [4.69, 9.17) is 52.1 Å². The Bertz CT molecular complexity index is 1950. The predicted octanol–water partition coefficient (Wildman–Crippen LogP) is 9.97. The van der Waals surface area contributed by atoms with E-state index in [2.05, 4.69) is 15.9 Å². The molecule has 0 aliphatic carbocycles. The number of hydrogen-bond acceptors (Lipinski definition) is 9. The lowest BCUT2D eigenvalue weighted by Crippen LogP contribution is -1.85. The minimum absolute atomic E-state index is 0.0787. The molecule has 0 saturated heterocycles. The highest BCUT2D eigenvalue weighted by atomic mass is 79.9. The van der Waals surface area contributed by atoms with Crippen molar-refractivity contribution in [3.05, 3.63) is 184 Å². The summed E-state index contributed by atoms with van der Waals surface area (Å²) < 4.78 is 5.84. The van der Waals surface area contributed by atoms with Gasteiger partial charge in [-0.1, -0.05) is 76.1 Å². The Labute approximate surface area is 337 Å². The van der Waals surface area contributed by atoms with Crippen LogP contribution in [-0.2, 0) is 9.59 Å². The summed E-state index contributed by atoms with van der Waals surface area (Å²) in [5, 5.41) is 70.2. The van der Waals surface area contributed by atoms with E-state index < -0.39 is 11.9 Å². The SMILES string of the molecule is COc1ccc(O)cc1.O=C(O)/C=C/c1ccc(O)cc1.O=C(O)/C=C/c1ccccc1O.Oc1ccc(Br)cc1.Oc1ccc(Cl)cc1.Oc1ccccc1. The van der Waals surface area contributed by atoms with Crippen LogP contribution in [-0.4, -0.2) is 59.9 Å². The summed E-state index contributed by atoms with van der Waals surface area (Å²) in [6.45, 7) is 0. The van der Waals surface area contributed by atoms with Crippen molar-refractivity contribution in [2.24, 2.45) is 0 Å². The standard InChI is InChI=1S/2C9H8O3.C7H8O2.C6H5BrO.C6H5ClO.C6H6O/c10-8-4-1-7(2-5-8)3-6-9(11)12;10-8-4-2-1-3-7(8)5-6-9(11)12;1-9-7-4-2-6(8)3-5-7;2*7-5-1-3-6(8)4-2-5;7-6-4-2-1-3-5-6/h2*1-6,10H,(H,11,12);2-5,8H,1H3;2*1-4,8H;1-5,7H/b6-3+;6-5+;;;;. The molecule has 0 bridgehead atoms. The molecule has 0 aliphatic heterocycles. The van der Waals surface area contributed by atoms with Gasteiger partial charge in [-0.2, -0.15) is 0 Å². The first-order chi connectivity index (χ1) is 26.7. The molecule has 0 saturated carbocycles. The van der Waals surface area contributed by atoms with Crippen LogP contribution in [0.4, 0.5) is 0 Å². The minimum Gasteiger partial charge on any atom is -0.508 e. The van der Waals surface area contributed by atoms with Crippen molar-refractivity contribution in [2.45, 2.75) is 0 Å². The van der Waals surface area contributed by atoms with Gasteiger partial charge in [0.2, 0.25) is 0 Å². The zero-order valence-electron chi connectivity index (χ0n) is 29.8. The number of rotatable bonds is 5. The third kappa shape index (κ3) is 24.4. The van der Waals surface area contributed by atoms with Crippen molar-refractivity contribution >= 4 is 51.6 Å². The Balaban J connectivity index is 0.000000340. The van der Waals surface area contributed by atoms with Crippen LogP contribution in [0.5, 0.6) is 40.2 Å². The van der Waals surface area contributed by atoms with Gasteiger partial charge < -0.3 is 45.6 Å². The molecule has 0 amide bonds. The minimum atomic E-state index is -1.03. The van der Waals surface area contributed by atoms with Crippen molar-refractivity contribution in [3.8, 4) is 40.2 Å². The molecule has 0 fully saturated rings. The van der Waals surface area contributed by atoms with E-state index in [1.54, 1.807) is 135 Å². The molecule has 56 heavy (non-hydrogen) atoms. The average Bonchev–Trinajstić information content (AvgIpc) is 3.18. The second-order valence-corrected chi connectivity index (χ2v) is 11.8. The second-order valence-electron chi connectivity index (χ2n) is 10.5. The summed E-state index contributed by atoms with van der Waals surface area (Å²) in [6, 6.07) is 41.3. The maximum absolute atomic E-state index is 10.1. The van der Waals surface area contributed by atoms with Crippen molar-refractivity contribution in [3.63, 3.8) is 0 Å². The number of methoxy groups -OCH3 is 1. The number of aromatic hydroxyl groups is 6. The molecule has 6 aromatic rings. The van der Waals surface area contributed by atoms with Crippen molar-refractivity contribution in [1.29, 1.82) is 0 Å². The molecule has 6 rings (SSSR count). The number of benzene rings is 6. The van der Waals surface area contributed by atoms with Gasteiger partial charge in [0.1, 0.15) is 40.2 Å². The Hall–Kier alpha value is -6.89. The summed E-state index contributed by atoms with van der Waals surface area (Å²) in [5.41, 5.74) is 1.25. The summed E-state index contributed by atoms with van der Waals surface area (Å²) in [6.07, 6.45) is 4.83. The number of aliphatic carboxylic acids is 2. The number of phenolic OH excluding ortho intramolecular Hbond substituents is 6.